The van der Waals surface area contributed by atoms with E-state index in [1.165, 1.54) is 19.2 Å². The molecule has 2 aromatic carbocycles. The summed E-state index contributed by atoms with van der Waals surface area (Å²) in [4.78, 5) is 0.104. The van der Waals surface area contributed by atoms with Gasteiger partial charge in [-0.15, -0.1) is 0 Å². The van der Waals surface area contributed by atoms with Crippen molar-refractivity contribution in [2.45, 2.75) is 23.3 Å². The largest absolute Gasteiger partial charge is 0.495 e. The Morgan fingerprint density at radius 1 is 1.08 bits per heavy atom. The summed E-state index contributed by atoms with van der Waals surface area (Å²) in [5.74, 6) is 1.76. The van der Waals surface area contributed by atoms with E-state index in [1.54, 1.807) is 6.07 Å². The fourth-order valence-corrected chi connectivity index (χ4v) is 4.84. The molecule has 0 amide bonds. The number of hydrogen-bond donors (Lipinski definition) is 1. The third kappa shape index (κ3) is 3.11. The Hall–Kier alpha value is -1.96. The zero-order chi connectivity index (χ0) is 18.4. The lowest BCUT2D eigenvalue weighted by molar-refractivity contribution is 0.171. The summed E-state index contributed by atoms with van der Waals surface area (Å²) >= 11 is 6.07. The predicted molar refractivity (Wildman–Crippen MR) is 96.7 cm³/mol. The van der Waals surface area contributed by atoms with Crippen molar-refractivity contribution in [1.82, 2.24) is 4.72 Å². The van der Waals surface area contributed by atoms with Gasteiger partial charge in [-0.25, -0.2) is 13.1 Å². The normalized spacial score (nSPS) is 17.6. The van der Waals surface area contributed by atoms with E-state index >= 15 is 0 Å². The second-order valence-electron chi connectivity index (χ2n) is 6.34. The van der Waals surface area contributed by atoms with Crippen LogP contribution in [0, 0.1) is 0 Å². The van der Waals surface area contributed by atoms with Gasteiger partial charge in [0.1, 0.15) is 19.0 Å². The van der Waals surface area contributed by atoms with Crippen LogP contribution in [0.15, 0.2) is 41.3 Å². The zero-order valence-electron chi connectivity index (χ0n) is 14.1. The SMILES string of the molecule is COc1ccc(S(=O)(=O)NC2(c3ccc4c(c3)OCCO4)CC2)cc1Cl. The zero-order valence-corrected chi connectivity index (χ0v) is 15.7. The first-order valence-electron chi connectivity index (χ1n) is 8.21. The molecule has 8 heteroatoms. The maximum Gasteiger partial charge on any atom is 0.241 e. The maximum atomic E-state index is 12.8. The van der Waals surface area contributed by atoms with Crippen molar-refractivity contribution in [3.63, 3.8) is 0 Å². The summed E-state index contributed by atoms with van der Waals surface area (Å²) in [6.45, 7) is 1.00. The third-order valence-electron chi connectivity index (χ3n) is 4.61. The van der Waals surface area contributed by atoms with Crippen LogP contribution < -0.4 is 18.9 Å². The Morgan fingerprint density at radius 3 is 2.46 bits per heavy atom. The highest BCUT2D eigenvalue weighted by Crippen LogP contribution is 2.48. The van der Waals surface area contributed by atoms with E-state index in [1.807, 2.05) is 18.2 Å². The number of sulfonamides is 1. The topological polar surface area (TPSA) is 73.9 Å². The number of rotatable bonds is 5. The van der Waals surface area contributed by atoms with E-state index in [0.29, 0.717) is 30.5 Å². The van der Waals surface area contributed by atoms with Crippen molar-refractivity contribution >= 4 is 21.6 Å². The standard InChI is InChI=1S/C18H18ClNO5S/c1-23-15-5-3-13(11-14(15)19)26(21,22)20-18(6-7-18)12-2-4-16-17(10-12)25-9-8-24-16/h2-5,10-11,20H,6-9H2,1H3. The molecular formula is C18H18ClNO5S. The molecule has 1 aliphatic carbocycles. The van der Waals surface area contributed by atoms with E-state index in [-0.39, 0.29) is 9.92 Å². The molecule has 6 nitrogen and oxygen atoms in total. The van der Waals surface area contributed by atoms with Crippen LogP contribution in [0.2, 0.25) is 5.02 Å². The van der Waals surface area contributed by atoms with Gasteiger partial charge in [-0.3, -0.25) is 0 Å². The molecule has 138 valence electrons. The quantitative estimate of drug-likeness (QED) is 0.842. The van der Waals surface area contributed by atoms with Crippen LogP contribution in [-0.4, -0.2) is 28.7 Å². The first-order chi connectivity index (χ1) is 12.4. The molecule has 1 saturated carbocycles. The molecule has 1 fully saturated rings. The summed E-state index contributed by atoms with van der Waals surface area (Å²) < 4.78 is 44.7. The Kier molecular flexibility index (Phi) is 4.25. The average Bonchev–Trinajstić information content (AvgIpc) is 3.41. The first kappa shape index (κ1) is 17.5. The van der Waals surface area contributed by atoms with E-state index in [9.17, 15) is 8.42 Å². The molecule has 0 unspecified atom stereocenters. The van der Waals surface area contributed by atoms with Gasteiger partial charge in [-0.2, -0.15) is 0 Å². The fourth-order valence-electron chi connectivity index (χ4n) is 3.05. The molecule has 0 bridgehead atoms. The van der Waals surface area contributed by atoms with Gasteiger partial charge in [0.15, 0.2) is 11.5 Å². The van der Waals surface area contributed by atoms with Crippen LogP contribution in [0.4, 0.5) is 0 Å². The van der Waals surface area contributed by atoms with Gasteiger partial charge in [0.05, 0.1) is 22.6 Å². The Morgan fingerprint density at radius 2 is 1.81 bits per heavy atom. The minimum atomic E-state index is -3.73. The first-order valence-corrected chi connectivity index (χ1v) is 10.1. The van der Waals surface area contributed by atoms with Gasteiger partial charge in [0, 0.05) is 0 Å². The lowest BCUT2D eigenvalue weighted by Crippen LogP contribution is -2.35. The van der Waals surface area contributed by atoms with Crippen molar-refractivity contribution in [3.05, 3.63) is 47.0 Å². The molecule has 1 heterocycles. The molecule has 2 aliphatic rings. The maximum absolute atomic E-state index is 12.8. The summed E-state index contributed by atoms with van der Waals surface area (Å²) in [5.41, 5.74) is 0.242. The van der Waals surface area contributed by atoms with Gasteiger partial charge in [-0.1, -0.05) is 17.7 Å². The number of nitrogens with one attached hydrogen (secondary N) is 1. The minimum Gasteiger partial charge on any atom is -0.495 e. The average molecular weight is 396 g/mol. The number of benzene rings is 2. The van der Waals surface area contributed by atoms with E-state index < -0.39 is 15.6 Å². The number of halogens is 1. The number of fused-ring (bicyclic) bond motifs is 1. The molecule has 0 radical (unpaired) electrons. The van der Waals surface area contributed by atoms with Crippen molar-refractivity contribution in [3.8, 4) is 17.2 Å². The highest BCUT2D eigenvalue weighted by Gasteiger charge is 2.48. The van der Waals surface area contributed by atoms with Crippen molar-refractivity contribution < 1.29 is 22.6 Å². The van der Waals surface area contributed by atoms with Gasteiger partial charge in [-0.05, 0) is 48.7 Å². The van der Waals surface area contributed by atoms with Crippen LogP contribution in [-0.2, 0) is 15.6 Å². The molecular weight excluding hydrogens is 378 g/mol. The van der Waals surface area contributed by atoms with Gasteiger partial charge in [0.25, 0.3) is 0 Å². The van der Waals surface area contributed by atoms with E-state index in [2.05, 4.69) is 4.72 Å². The molecule has 4 rings (SSSR count). The lowest BCUT2D eigenvalue weighted by atomic mass is 10.1. The molecule has 26 heavy (non-hydrogen) atoms. The molecule has 0 spiro atoms. The molecule has 1 aliphatic heterocycles. The van der Waals surface area contributed by atoms with Crippen LogP contribution in [0.5, 0.6) is 17.2 Å². The van der Waals surface area contributed by atoms with Gasteiger partial charge < -0.3 is 14.2 Å². The Balaban J connectivity index is 1.62. The van der Waals surface area contributed by atoms with E-state index in [0.717, 1.165) is 18.4 Å². The molecule has 1 N–H and O–H groups in total. The number of ether oxygens (including phenoxy) is 3. The van der Waals surface area contributed by atoms with Gasteiger partial charge in [0.2, 0.25) is 10.0 Å². The highest BCUT2D eigenvalue weighted by molar-refractivity contribution is 7.89. The smallest absolute Gasteiger partial charge is 0.241 e. The van der Waals surface area contributed by atoms with Crippen LogP contribution in [0.1, 0.15) is 18.4 Å². The Labute approximate surface area is 157 Å². The van der Waals surface area contributed by atoms with E-state index in [4.69, 9.17) is 25.8 Å². The van der Waals surface area contributed by atoms with Crippen LogP contribution in [0.25, 0.3) is 0 Å². The summed E-state index contributed by atoms with van der Waals surface area (Å²) in [6.07, 6.45) is 1.44. The molecule has 0 aromatic heterocycles. The van der Waals surface area contributed by atoms with Gasteiger partial charge >= 0.3 is 0 Å². The summed E-state index contributed by atoms with van der Waals surface area (Å²) in [6, 6.07) is 9.97. The fraction of sp³-hybridized carbons (Fsp3) is 0.333. The summed E-state index contributed by atoms with van der Waals surface area (Å²) in [7, 11) is -2.25. The van der Waals surface area contributed by atoms with Crippen LogP contribution in [0.3, 0.4) is 0 Å². The van der Waals surface area contributed by atoms with Crippen molar-refractivity contribution in [2.75, 3.05) is 20.3 Å². The predicted octanol–water partition coefficient (Wildman–Crippen LogP) is 3.09. The monoisotopic (exact) mass is 395 g/mol. The lowest BCUT2D eigenvalue weighted by Gasteiger charge is -2.22. The molecule has 2 aromatic rings. The third-order valence-corrected chi connectivity index (χ3v) is 6.44. The minimum absolute atomic E-state index is 0.104. The Bertz CT molecular complexity index is 956. The summed E-state index contributed by atoms with van der Waals surface area (Å²) in [5, 5.41) is 0.250. The van der Waals surface area contributed by atoms with Crippen LogP contribution >= 0.6 is 11.6 Å². The second-order valence-corrected chi connectivity index (χ2v) is 8.43. The number of methoxy groups -OCH3 is 1. The van der Waals surface area contributed by atoms with Crippen molar-refractivity contribution in [2.24, 2.45) is 0 Å². The van der Waals surface area contributed by atoms with Crippen molar-refractivity contribution in [1.29, 1.82) is 0 Å². The molecule has 0 atom stereocenters. The highest BCUT2D eigenvalue weighted by atomic mass is 35.5. The molecule has 0 saturated heterocycles. The second kappa shape index (κ2) is 6.33. The number of hydrogen-bond acceptors (Lipinski definition) is 5.